The zero-order valence-electron chi connectivity index (χ0n) is 37.3. The van der Waals surface area contributed by atoms with Gasteiger partial charge in [-0.15, -0.1) is 0 Å². The maximum Gasteiger partial charge on any atom is 0.0541 e. The third-order valence-electron chi connectivity index (χ3n) is 13.8. The summed E-state index contributed by atoms with van der Waals surface area (Å²) >= 11 is 0. The van der Waals surface area contributed by atoms with E-state index in [1.807, 2.05) is 0 Å². The molecule has 1 aromatic heterocycles. The van der Waals surface area contributed by atoms with Crippen molar-refractivity contribution in [3.8, 4) is 50.2 Å². The van der Waals surface area contributed by atoms with Gasteiger partial charge in [0.1, 0.15) is 0 Å². The van der Waals surface area contributed by atoms with E-state index in [2.05, 4.69) is 276 Å². The number of hydrogen-bond donors (Lipinski definition) is 0. The average molecular weight is 865 g/mol. The molecular formula is C66H44N2. The van der Waals surface area contributed by atoms with Gasteiger partial charge in [0.05, 0.1) is 11.0 Å². The van der Waals surface area contributed by atoms with Crippen LogP contribution in [0.3, 0.4) is 0 Å². The van der Waals surface area contributed by atoms with E-state index in [-0.39, 0.29) is 0 Å². The highest BCUT2D eigenvalue weighted by molar-refractivity contribution is 6.21. The number of aromatic nitrogens is 1. The SMILES string of the molecule is c1ccc(-c2c3ccccc3c(-c3ccc(N(c4ccc(-c5ccc6c(c5)c5ccccc5n6-c5ccccc5)cc4)c4ccc(-c5cccc6ccccc56)cc4)cc3)c3ccccc23)cc1. The van der Waals surface area contributed by atoms with Gasteiger partial charge in [0, 0.05) is 33.5 Å². The molecule has 0 saturated heterocycles. The lowest BCUT2D eigenvalue weighted by Crippen LogP contribution is -2.09. The third-order valence-corrected chi connectivity index (χ3v) is 13.8. The minimum Gasteiger partial charge on any atom is -0.311 e. The molecule has 68 heavy (non-hydrogen) atoms. The molecule has 13 rings (SSSR count). The Hall–Kier alpha value is -8.98. The van der Waals surface area contributed by atoms with Crippen LogP contribution in [0.1, 0.15) is 0 Å². The molecule has 0 amide bonds. The standard InChI is InChI=1S/C66H44N2/c1-3-17-48(18-4-1)65-58-24-9-11-26-60(58)66(61-27-12-10-25-59(61)65)49-34-41-54(42-35-49)67(53-39-32-47(33-40-53)56-28-15-19-46-16-7-8-22-55(46)56)52-37-30-45(31-38-52)50-36-43-64-62(44-50)57-23-13-14-29-63(57)68(64)51-20-5-2-6-21-51/h1-44H. The van der Waals surface area contributed by atoms with Crippen LogP contribution >= 0.6 is 0 Å². The molecule has 2 nitrogen and oxygen atoms in total. The largest absolute Gasteiger partial charge is 0.311 e. The van der Waals surface area contributed by atoms with E-state index in [0.29, 0.717) is 0 Å². The van der Waals surface area contributed by atoms with E-state index in [1.165, 1.54) is 98.6 Å². The fourth-order valence-electron chi connectivity index (χ4n) is 10.7. The van der Waals surface area contributed by atoms with Crippen molar-refractivity contribution in [2.24, 2.45) is 0 Å². The van der Waals surface area contributed by atoms with E-state index < -0.39 is 0 Å². The summed E-state index contributed by atoms with van der Waals surface area (Å²) in [6.07, 6.45) is 0. The Balaban J connectivity index is 0.921. The lowest BCUT2D eigenvalue weighted by Gasteiger charge is -2.26. The summed E-state index contributed by atoms with van der Waals surface area (Å²) < 4.78 is 2.37. The van der Waals surface area contributed by atoms with E-state index in [9.17, 15) is 0 Å². The number of benzene rings is 12. The highest BCUT2D eigenvalue weighted by atomic mass is 15.1. The predicted octanol–water partition coefficient (Wildman–Crippen LogP) is 18.4. The van der Waals surface area contributed by atoms with Crippen LogP contribution in [0.25, 0.3) is 104 Å². The summed E-state index contributed by atoms with van der Waals surface area (Å²) in [5.74, 6) is 0. The normalized spacial score (nSPS) is 11.5. The molecule has 0 aliphatic heterocycles. The summed E-state index contributed by atoms with van der Waals surface area (Å²) in [6.45, 7) is 0. The van der Waals surface area contributed by atoms with Crippen molar-refractivity contribution in [3.63, 3.8) is 0 Å². The quantitative estimate of drug-likeness (QED) is 0.138. The van der Waals surface area contributed by atoms with Gasteiger partial charge >= 0.3 is 0 Å². The molecular weight excluding hydrogens is 821 g/mol. The molecule has 2 heteroatoms. The molecule has 0 atom stereocenters. The Labute approximate surface area is 395 Å². The molecule has 0 unspecified atom stereocenters. The average Bonchev–Trinajstić information content (AvgIpc) is 3.75. The van der Waals surface area contributed by atoms with Gasteiger partial charge in [0.15, 0.2) is 0 Å². The minimum absolute atomic E-state index is 1.09. The number of hydrogen-bond acceptors (Lipinski definition) is 1. The molecule has 0 fully saturated rings. The Bertz CT molecular complexity index is 3920. The number of para-hydroxylation sites is 2. The Morgan fingerprint density at radius 1 is 0.250 bits per heavy atom. The first kappa shape index (κ1) is 39.4. The molecule has 13 aromatic rings. The Morgan fingerprint density at radius 2 is 0.676 bits per heavy atom. The van der Waals surface area contributed by atoms with Crippen molar-refractivity contribution < 1.29 is 0 Å². The van der Waals surface area contributed by atoms with Gasteiger partial charge in [-0.25, -0.2) is 0 Å². The first-order valence-corrected chi connectivity index (χ1v) is 23.4. The zero-order chi connectivity index (χ0) is 45.0. The zero-order valence-corrected chi connectivity index (χ0v) is 37.3. The van der Waals surface area contributed by atoms with Crippen LogP contribution in [0.2, 0.25) is 0 Å². The molecule has 0 bridgehead atoms. The summed E-state index contributed by atoms with van der Waals surface area (Å²) in [7, 11) is 0. The van der Waals surface area contributed by atoms with Crippen molar-refractivity contribution in [1.29, 1.82) is 0 Å². The van der Waals surface area contributed by atoms with Gasteiger partial charge in [-0.1, -0.05) is 200 Å². The van der Waals surface area contributed by atoms with Gasteiger partial charge in [0.25, 0.3) is 0 Å². The van der Waals surface area contributed by atoms with E-state index in [4.69, 9.17) is 0 Å². The summed E-state index contributed by atoms with van der Waals surface area (Å²) in [5.41, 5.74) is 16.6. The molecule has 12 aromatic carbocycles. The fraction of sp³-hybridized carbons (Fsp3) is 0. The van der Waals surface area contributed by atoms with Crippen molar-refractivity contribution in [2.45, 2.75) is 0 Å². The third kappa shape index (κ3) is 6.65. The number of fused-ring (bicyclic) bond motifs is 6. The molecule has 0 saturated carbocycles. The Kier molecular flexibility index (Phi) is 9.54. The molecule has 0 aliphatic carbocycles. The minimum atomic E-state index is 1.09. The van der Waals surface area contributed by atoms with E-state index in [1.54, 1.807) is 0 Å². The highest BCUT2D eigenvalue weighted by Crippen LogP contribution is 2.45. The molecule has 318 valence electrons. The van der Waals surface area contributed by atoms with Gasteiger partial charge in [-0.3, -0.25) is 0 Å². The summed E-state index contributed by atoms with van der Waals surface area (Å²) in [4.78, 5) is 2.38. The smallest absolute Gasteiger partial charge is 0.0541 e. The van der Waals surface area contributed by atoms with E-state index in [0.717, 1.165) is 22.7 Å². The Morgan fingerprint density at radius 3 is 1.28 bits per heavy atom. The van der Waals surface area contributed by atoms with Crippen LogP contribution < -0.4 is 4.90 Å². The van der Waals surface area contributed by atoms with Crippen LogP contribution in [0, 0.1) is 0 Å². The van der Waals surface area contributed by atoms with Gasteiger partial charge in [-0.05, 0) is 144 Å². The highest BCUT2D eigenvalue weighted by Gasteiger charge is 2.19. The summed E-state index contributed by atoms with van der Waals surface area (Å²) in [6, 6.07) is 97.4. The van der Waals surface area contributed by atoms with Crippen LogP contribution in [0.15, 0.2) is 267 Å². The van der Waals surface area contributed by atoms with Crippen molar-refractivity contribution in [1.82, 2.24) is 4.57 Å². The van der Waals surface area contributed by atoms with Crippen molar-refractivity contribution >= 4 is 71.2 Å². The molecule has 0 aliphatic rings. The van der Waals surface area contributed by atoms with Crippen LogP contribution in [0.4, 0.5) is 17.1 Å². The molecule has 0 spiro atoms. The lowest BCUT2D eigenvalue weighted by atomic mass is 9.86. The van der Waals surface area contributed by atoms with Gasteiger partial charge in [-0.2, -0.15) is 0 Å². The monoisotopic (exact) mass is 864 g/mol. The number of rotatable bonds is 8. The number of nitrogens with zero attached hydrogens (tertiary/aromatic N) is 2. The first-order chi connectivity index (χ1) is 33.7. The van der Waals surface area contributed by atoms with Gasteiger partial charge in [0.2, 0.25) is 0 Å². The lowest BCUT2D eigenvalue weighted by molar-refractivity contribution is 1.18. The van der Waals surface area contributed by atoms with E-state index >= 15 is 0 Å². The molecule has 0 radical (unpaired) electrons. The molecule has 0 N–H and O–H groups in total. The van der Waals surface area contributed by atoms with Crippen LogP contribution in [-0.4, -0.2) is 4.57 Å². The van der Waals surface area contributed by atoms with Crippen LogP contribution in [-0.2, 0) is 0 Å². The first-order valence-electron chi connectivity index (χ1n) is 23.4. The van der Waals surface area contributed by atoms with Crippen molar-refractivity contribution in [2.75, 3.05) is 4.90 Å². The second-order valence-electron chi connectivity index (χ2n) is 17.6. The predicted molar refractivity (Wildman–Crippen MR) is 290 cm³/mol. The topological polar surface area (TPSA) is 8.17 Å². The fourth-order valence-corrected chi connectivity index (χ4v) is 10.7. The maximum atomic E-state index is 2.38. The number of anilines is 3. The van der Waals surface area contributed by atoms with Gasteiger partial charge < -0.3 is 9.47 Å². The molecule has 1 heterocycles. The summed E-state index contributed by atoms with van der Waals surface area (Å²) in [5, 5.41) is 10.00. The maximum absolute atomic E-state index is 2.38. The van der Waals surface area contributed by atoms with Crippen molar-refractivity contribution in [3.05, 3.63) is 267 Å². The van der Waals surface area contributed by atoms with Crippen LogP contribution in [0.5, 0.6) is 0 Å². The second-order valence-corrected chi connectivity index (χ2v) is 17.6. The second kappa shape index (κ2) is 16.5.